The van der Waals surface area contributed by atoms with Crippen molar-refractivity contribution < 1.29 is 4.74 Å². The Labute approximate surface area is 122 Å². The quantitative estimate of drug-likeness (QED) is 0.824. The molecule has 0 atom stereocenters. The normalized spacial score (nSPS) is 13.9. The lowest BCUT2D eigenvalue weighted by atomic mass is 10.1. The summed E-state index contributed by atoms with van der Waals surface area (Å²) < 4.78 is 6.86. The van der Waals surface area contributed by atoms with Gasteiger partial charge in [-0.05, 0) is 36.2 Å². The van der Waals surface area contributed by atoms with Crippen LogP contribution in [0.4, 0.5) is 5.69 Å². The van der Waals surface area contributed by atoms with Gasteiger partial charge in [-0.15, -0.1) is 0 Å². The molecule has 3 rings (SSSR count). The molecular weight excluding hydrogens is 302 g/mol. The SMILES string of the molecule is Cc1ccc(CN2CCOc3ccccc32)c(Br)c1. The molecule has 0 spiro atoms. The zero-order chi connectivity index (χ0) is 13.2. The van der Waals surface area contributed by atoms with E-state index < -0.39 is 0 Å². The third kappa shape index (κ3) is 2.61. The minimum atomic E-state index is 0.750. The summed E-state index contributed by atoms with van der Waals surface area (Å²) in [5.41, 5.74) is 3.77. The number of rotatable bonds is 2. The molecule has 2 nitrogen and oxygen atoms in total. The first kappa shape index (κ1) is 12.5. The minimum absolute atomic E-state index is 0.750. The predicted molar refractivity (Wildman–Crippen MR) is 81.9 cm³/mol. The van der Waals surface area contributed by atoms with Crippen LogP contribution in [0, 0.1) is 6.92 Å². The van der Waals surface area contributed by atoms with Crippen LogP contribution in [0.15, 0.2) is 46.9 Å². The standard InChI is InChI=1S/C16H16BrNO/c1-12-6-7-13(14(17)10-12)11-18-8-9-19-16-5-3-2-4-15(16)18/h2-7,10H,8-9,11H2,1H3. The maximum atomic E-state index is 5.69. The monoisotopic (exact) mass is 317 g/mol. The minimum Gasteiger partial charge on any atom is -0.490 e. The molecule has 1 aliphatic rings. The molecule has 19 heavy (non-hydrogen) atoms. The van der Waals surface area contributed by atoms with E-state index in [2.05, 4.69) is 58.1 Å². The van der Waals surface area contributed by atoms with E-state index in [1.54, 1.807) is 0 Å². The van der Waals surface area contributed by atoms with Crippen molar-refractivity contribution in [2.75, 3.05) is 18.1 Å². The van der Waals surface area contributed by atoms with Crippen molar-refractivity contribution in [3.05, 3.63) is 58.1 Å². The van der Waals surface area contributed by atoms with Crippen LogP contribution in [0.1, 0.15) is 11.1 Å². The van der Waals surface area contributed by atoms with E-state index in [1.165, 1.54) is 21.3 Å². The molecule has 98 valence electrons. The topological polar surface area (TPSA) is 12.5 Å². The van der Waals surface area contributed by atoms with Gasteiger partial charge in [0.15, 0.2) is 0 Å². The first-order valence-corrected chi connectivity index (χ1v) is 7.25. The second kappa shape index (κ2) is 5.25. The molecule has 0 radical (unpaired) electrons. The molecule has 0 aliphatic carbocycles. The van der Waals surface area contributed by atoms with Crippen molar-refractivity contribution in [2.45, 2.75) is 13.5 Å². The smallest absolute Gasteiger partial charge is 0.142 e. The van der Waals surface area contributed by atoms with Crippen molar-refractivity contribution in [1.29, 1.82) is 0 Å². The van der Waals surface area contributed by atoms with E-state index >= 15 is 0 Å². The fraction of sp³-hybridized carbons (Fsp3) is 0.250. The molecule has 0 unspecified atom stereocenters. The first-order valence-electron chi connectivity index (χ1n) is 6.46. The fourth-order valence-corrected chi connectivity index (χ4v) is 3.00. The number of benzene rings is 2. The molecule has 0 saturated heterocycles. The van der Waals surface area contributed by atoms with E-state index in [4.69, 9.17) is 4.74 Å². The molecule has 0 fully saturated rings. The number of ether oxygens (including phenoxy) is 1. The zero-order valence-corrected chi connectivity index (χ0v) is 12.5. The van der Waals surface area contributed by atoms with Gasteiger partial charge in [0.25, 0.3) is 0 Å². The van der Waals surface area contributed by atoms with Gasteiger partial charge in [-0.3, -0.25) is 0 Å². The van der Waals surface area contributed by atoms with Gasteiger partial charge in [-0.1, -0.05) is 40.2 Å². The first-order chi connectivity index (χ1) is 9.24. The highest BCUT2D eigenvalue weighted by atomic mass is 79.9. The van der Waals surface area contributed by atoms with E-state index in [9.17, 15) is 0 Å². The van der Waals surface area contributed by atoms with Crippen LogP contribution in [0.5, 0.6) is 5.75 Å². The summed E-state index contributed by atoms with van der Waals surface area (Å²) in [5.74, 6) is 0.983. The van der Waals surface area contributed by atoms with Crippen molar-refractivity contribution in [3.63, 3.8) is 0 Å². The maximum absolute atomic E-state index is 5.69. The average molecular weight is 318 g/mol. The Morgan fingerprint density at radius 3 is 2.89 bits per heavy atom. The van der Waals surface area contributed by atoms with Crippen LogP contribution in [0.3, 0.4) is 0 Å². The number of hydrogen-bond acceptors (Lipinski definition) is 2. The number of anilines is 1. The van der Waals surface area contributed by atoms with Crippen LogP contribution >= 0.6 is 15.9 Å². The van der Waals surface area contributed by atoms with E-state index in [-0.39, 0.29) is 0 Å². The Balaban J connectivity index is 1.88. The molecule has 2 aromatic rings. The second-order valence-electron chi connectivity index (χ2n) is 4.83. The lowest BCUT2D eigenvalue weighted by Gasteiger charge is -2.31. The molecule has 0 bridgehead atoms. The summed E-state index contributed by atoms with van der Waals surface area (Å²) in [6.45, 7) is 4.69. The van der Waals surface area contributed by atoms with Gasteiger partial charge in [-0.2, -0.15) is 0 Å². The third-order valence-electron chi connectivity index (χ3n) is 3.39. The highest BCUT2D eigenvalue weighted by Crippen LogP contribution is 2.32. The molecule has 3 heteroatoms. The lowest BCUT2D eigenvalue weighted by Crippen LogP contribution is -2.32. The van der Waals surface area contributed by atoms with E-state index in [0.717, 1.165) is 25.4 Å². The van der Waals surface area contributed by atoms with Crippen molar-refractivity contribution in [3.8, 4) is 5.75 Å². The number of hydrogen-bond donors (Lipinski definition) is 0. The van der Waals surface area contributed by atoms with Gasteiger partial charge in [-0.25, -0.2) is 0 Å². The Bertz CT molecular complexity index is 597. The zero-order valence-electron chi connectivity index (χ0n) is 10.9. The van der Waals surface area contributed by atoms with Crippen LogP contribution < -0.4 is 9.64 Å². The summed E-state index contributed by atoms with van der Waals surface area (Å²) in [7, 11) is 0. The predicted octanol–water partition coefficient (Wildman–Crippen LogP) is 4.16. The highest BCUT2D eigenvalue weighted by molar-refractivity contribution is 9.10. The van der Waals surface area contributed by atoms with Crippen LogP contribution in [0.25, 0.3) is 0 Å². The van der Waals surface area contributed by atoms with Crippen molar-refractivity contribution in [1.82, 2.24) is 0 Å². The third-order valence-corrected chi connectivity index (χ3v) is 4.13. The molecule has 1 heterocycles. The maximum Gasteiger partial charge on any atom is 0.142 e. The summed E-state index contributed by atoms with van der Waals surface area (Å²) in [6, 6.07) is 14.8. The Morgan fingerprint density at radius 1 is 1.21 bits per heavy atom. The van der Waals surface area contributed by atoms with Crippen molar-refractivity contribution >= 4 is 21.6 Å². The molecular formula is C16H16BrNO. The Morgan fingerprint density at radius 2 is 2.05 bits per heavy atom. The second-order valence-corrected chi connectivity index (χ2v) is 5.69. The van der Waals surface area contributed by atoms with Gasteiger partial charge in [0, 0.05) is 11.0 Å². The van der Waals surface area contributed by atoms with E-state index in [0.29, 0.717) is 0 Å². The van der Waals surface area contributed by atoms with Gasteiger partial charge in [0.05, 0.1) is 12.2 Å². The molecule has 0 amide bonds. The van der Waals surface area contributed by atoms with Gasteiger partial charge in [0.1, 0.15) is 12.4 Å². The van der Waals surface area contributed by atoms with Gasteiger partial charge >= 0.3 is 0 Å². The summed E-state index contributed by atoms with van der Waals surface area (Å²) in [5, 5.41) is 0. The summed E-state index contributed by atoms with van der Waals surface area (Å²) in [6.07, 6.45) is 0. The molecule has 2 aromatic carbocycles. The van der Waals surface area contributed by atoms with Gasteiger partial charge < -0.3 is 9.64 Å². The van der Waals surface area contributed by atoms with E-state index in [1.807, 2.05) is 12.1 Å². The highest BCUT2D eigenvalue weighted by Gasteiger charge is 2.18. The van der Waals surface area contributed by atoms with Crippen LogP contribution in [-0.2, 0) is 6.54 Å². The molecule has 0 aromatic heterocycles. The summed E-state index contributed by atoms with van der Waals surface area (Å²) >= 11 is 3.66. The number of aryl methyl sites for hydroxylation is 1. The Hall–Kier alpha value is -1.48. The average Bonchev–Trinajstić information content (AvgIpc) is 2.42. The largest absolute Gasteiger partial charge is 0.490 e. The van der Waals surface area contributed by atoms with Crippen LogP contribution in [-0.4, -0.2) is 13.2 Å². The van der Waals surface area contributed by atoms with Crippen molar-refractivity contribution in [2.24, 2.45) is 0 Å². The number of fused-ring (bicyclic) bond motifs is 1. The number of para-hydroxylation sites is 2. The number of halogens is 1. The molecule has 0 N–H and O–H groups in total. The molecule has 1 aliphatic heterocycles. The van der Waals surface area contributed by atoms with Crippen LogP contribution in [0.2, 0.25) is 0 Å². The lowest BCUT2D eigenvalue weighted by molar-refractivity contribution is 0.307. The Kier molecular flexibility index (Phi) is 3.47. The number of nitrogens with zero attached hydrogens (tertiary/aromatic N) is 1. The fourth-order valence-electron chi connectivity index (χ4n) is 2.38. The molecule has 0 saturated carbocycles. The summed E-state index contributed by atoms with van der Waals surface area (Å²) in [4.78, 5) is 2.37. The van der Waals surface area contributed by atoms with Gasteiger partial charge in [0.2, 0.25) is 0 Å².